The molecule has 1 aromatic heterocycles. The third kappa shape index (κ3) is 4.70. The molecule has 5 heteroatoms. The summed E-state index contributed by atoms with van der Waals surface area (Å²) in [6.45, 7) is 0.559. The van der Waals surface area contributed by atoms with Gasteiger partial charge in [-0.3, -0.25) is 4.79 Å². The Morgan fingerprint density at radius 3 is 2.27 bits per heavy atom. The summed E-state index contributed by atoms with van der Waals surface area (Å²) in [7, 11) is 1.81. The molecule has 5 nitrogen and oxygen atoms in total. The number of benzene rings is 3. The fourth-order valence-corrected chi connectivity index (χ4v) is 3.19. The maximum absolute atomic E-state index is 12.8. The number of carbonyl (C=O) groups is 1. The average molecular weight is 394 g/mol. The largest absolute Gasteiger partial charge is 0.339 e. The molecular formula is C25H22N4O. The smallest absolute Gasteiger partial charge is 0.253 e. The first kappa shape index (κ1) is 19.3. The molecule has 0 aliphatic carbocycles. The highest BCUT2D eigenvalue weighted by atomic mass is 16.2. The van der Waals surface area contributed by atoms with Crippen molar-refractivity contribution < 1.29 is 4.79 Å². The van der Waals surface area contributed by atoms with Crippen LogP contribution in [-0.2, 0) is 6.54 Å². The van der Waals surface area contributed by atoms with Crippen molar-refractivity contribution in [3.63, 3.8) is 0 Å². The van der Waals surface area contributed by atoms with Crippen LogP contribution in [0.2, 0.25) is 0 Å². The van der Waals surface area contributed by atoms with E-state index in [1.165, 1.54) is 0 Å². The van der Waals surface area contributed by atoms with Gasteiger partial charge in [0.1, 0.15) is 0 Å². The third-order valence-corrected chi connectivity index (χ3v) is 4.73. The van der Waals surface area contributed by atoms with Crippen LogP contribution in [0.15, 0.2) is 97.1 Å². The van der Waals surface area contributed by atoms with Crippen LogP contribution in [0.4, 0.5) is 11.5 Å². The number of hydrogen-bond acceptors (Lipinski definition) is 4. The van der Waals surface area contributed by atoms with Crippen molar-refractivity contribution >= 4 is 17.4 Å². The lowest BCUT2D eigenvalue weighted by atomic mass is 10.1. The van der Waals surface area contributed by atoms with Crippen molar-refractivity contribution in [1.82, 2.24) is 15.1 Å². The molecule has 0 fully saturated rings. The number of anilines is 2. The van der Waals surface area contributed by atoms with Gasteiger partial charge < -0.3 is 10.2 Å². The molecule has 1 amide bonds. The Kier molecular flexibility index (Phi) is 5.80. The van der Waals surface area contributed by atoms with E-state index in [2.05, 4.69) is 15.5 Å². The van der Waals surface area contributed by atoms with E-state index in [1.54, 1.807) is 4.90 Å². The molecule has 0 atom stereocenters. The predicted molar refractivity (Wildman–Crippen MR) is 119 cm³/mol. The lowest BCUT2D eigenvalue weighted by molar-refractivity contribution is 0.0785. The van der Waals surface area contributed by atoms with E-state index < -0.39 is 0 Å². The first-order valence-electron chi connectivity index (χ1n) is 9.75. The molecule has 4 aromatic rings. The number of aromatic nitrogens is 2. The average Bonchev–Trinajstić information content (AvgIpc) is 2.80. The molecule has 0 saturated heterocycles. The summed E-state index contributed by atoms with van der Waals surface area (Å²) in [4.78, 5) is 14.5. The summed E-state index contributed by atoms with van der Waals surface area (Å²) in [6, 6.07) is 31.1. The van der Waals surface area contributed by atoms with Crippen LogP contribution in [0.5, 0.6) is 0 Å². The van der Waals surface area contributed by atoms with Gasteiger partial charge in [0, 0.05) is 30.4 Å². The minimum atomic E-state index is -0.0342. The van der Waals surface area contributed by atoms with Gasteiger partial charge in [-0.05, 0) is 35.9 Å². The van der Waals surface area contributed by atoms with Gasteiger partial charge in [0.2, 0.25) is 0 Å². The molecule has 0 aliphatic heterocycles. The first-order valence-corrected chi connectivity index (χ1v) is 9.75. The fraction of sp³-hybridized carbons (Fsp3) is 0.0800. The standard InChI is InChI=1S/C25H22N4O/c1-29(18-19-9-4-2-5-10-19)25(30)21-13-8-14-22(17-21)26-24-16-15-23(27-28-24)20-11-6-3-7-12-20/h2-17H,18H2,1H3,(H,26,28). The van der Waals surface area contributed by atoms with E-state index in [-0.39, 0.29) is 5.91 Å². The van der Waals surface area contributed by atoms with Gasteiger partial charge in [-0.15, -0.1) is 10.2 Å². The number of nitrogens with zero attached hydrogens (tertiary/aromatic N) is 3. The van der Waals surface area contributed by atoms with Crippen molar-refractivity contribution in [1.29, 1.82) is 0 Å². The van der Waals surface area contributed by atoms with E-state index in [1.807, 2.05) is 104 Å². The van der Waals surface area contributed by atoms with Crippen molar-refractivity contribution in [2.24, 2.45) is 0 Å². The zero-order chi connectivity index (χ0) is 20.8. The maximum atomic E-state index is 12.8. The molecule has 148 valence electrons. The number of carbonyl (C=O) groups excluding carboxylic acids is 1. The molecular weight excluding hydrogens is 372 g/mol. The summed E-state index contributed by atoms with van der Waals surface area (Å²) in [6.07, 6.45) is 0. The summed E-state index contributed by atoms with van der Waals surface area (Å²) in [5.41, 5.74) is 4.33. The maximum Gasteiger partial charge on any atom is 0.253 e. The number of amides is 1. The van der Waals surface area contributed by atoms with Crippen LogP contribution >= 0.6 is 0 Å². The Labute approximate surface area is 176 Å². The quantitative estimate of drug-likeness (QED) is 0.491. The molecule has 0 aliphatic rings. The van der Waals surface area contributed by atoms with E-state index >= 15 is 0 Å². The zero-order valence-corrected chi connectivity index (χ0v) is 16.7. The molecule has 0 bridgehead atoms. The molecule has 0 unspecified atom stereocenters. The molecule has 1 heterocycles. The summed E-state index contributed by atoms with van der Waals surface area (Å²) in [5, 5.41) is 11.8. The first-order chi connectivity index (χ1) is 14.7. The normalized spacial score (nSPS) is 10.4. The van der Waals surface area contributed by atoms with Crippen molar-refractivity contribution in [3.05, 3.63) is 108 Å². The van der Waals surface area contributed by atoms with Crippen molar-refractivity contribution in [3.8, 4) is 11.3 Å². The van der Waals surface area contributed by atoms with Crippen LogP contribution < -0.4 is 5.32 Å². The summed E-state index contributed by atoms with van der Waals surface area (Å²) < 4.78 is 0. The molecule has 1 N–H and O–H groups in total. The number of nitrogens with one attached hydrogen (secondary N) is 1. The molecule has 3 aromatic carbocycles. The molecule has 0 saturated carbocycles. The molecule has 0 spiro atoms. The highest BCUT2D eigenvalue weighted by Gasteiger charge is 2.13. The van der Waals surface area contributed by atoms with Crippen LogP contribution in [0.25, 0.3) is 11.3 Å². The van der Waals surface area contributed by atoms with Crippen LogP contribution in [0.3, 0.4) is 0 Å². The van der Waals surface area contributed by atoms with Gasteiger partial charge in [0.25, 0.3) is 5.91 Å². The van der Waals surface area contributed by atoms with Crippen LogP contribution in [0.1, 0.15) is 15.9 Å². The SMILES string of the molecule is CN(Cc1ccccc1)C(=O)c1cccc(Nc2ccc(-c3ccccc3)nn2)c1. The Morgan fingerprint density at radius 1 is 0.833 bits per heavy atom. The fourth-order valence-electron chi connectivity index (χ4n) is 3.19. The second kappa shape index (κ2) is 9.01. The second-order valence-corrected chi connectivity index (χ2v) is 7.02. The Hall–Kier alpha value is -3.99. The highest BCUT2D eigenvalue weighted by Crippen LogP contribution is 2.20. The van der Waals surface area contributed by atoms with E-state index in [9.17, 15) is 4.79 Å². The Balaban J connectivity index is 1.45. The zero-order valence-electron chi connectivity index (χ0n) is 16.7. The third-order valence-electron chi connectivity index (χ3n) is 4.73. The number of hydrogen-bond donors (Lipinski definition) is 1. The Bertz CT molecular complexity index is 1110. The van der Waals surface area contributed by atoms with E-state index in [0.717, 1.165) is 22.5 Å². The molecule has 0 radical (unpaired) electrons. The van der Waals surface area contributed by atoms with Gasteiger partial charge in [0.15, 0.2) is 5.82 Å². The van der Waals surface area contributed by atoms with Crippen LogP contribution in [-0.4, -0.2) is 28.1 Å². The summed E-state index contributed by atoms with van der Waals surface area (Å²) >= 11 is 0. The second-order valence-electron chi connectivity index (χ2n) is 7.02. The van der Waals surface area contributed by atoms with Gasteiger partial charge in [-0.25, -0.2) is 0 Å². The van der Waals surface area contributed by atoms with Crippen molar-refractivity contribution in [2.75, 3.05) is 12.4 Å². The number of rotatable bonds is 6. The van der Waals surface area contributed by atoms with Crippen LogP contribution in [0, 0.1) is 0 Å². The topological polar surface area (TPSA) is 58.1 Å². The van der Waals surface area contributed by atoms with E-state index in [0.29, 0.717) is 17.9 Å². The molecule has 4 rings (SSSR count). The molecule has 30 heavy (non-hydrogen) atoms. The van der Waals surface area contributed by atoms with Gasteiger partial charge in [-0.2, -0.15) is 0 Å². The lowest BCUT2D eigenvalue weighted by Gasteiger charge is -2.18. The van der Waals surface area contributed by atoms with Gasteiger partial charge in [0.05, 0.1) is 5.69 Å². The lowest BCUT2D eigenvalue weighted by Crippen LogP contribution is -2.26. The summed E-state index contributed by atoms with van der Waals surface area (Å²) in [5.74, 6) is 0.588. The van der Waals surface area contributed by atoms with E-state index in [4.69, 9.17) is 0 Å². The van der Waals surface area contributed by atoms with Gasteiger partial charge in [-0.1, -0.05) is 66.7 Å². The minimum absolute atomic E-state index is 0.0342. The highest BCUT2D eigenvalue weighted by molar-refractivity contribution is 5.95. The Morgan fingerprint density at radius 2 is 1.57 bits per heavy atom. The minimum Gasteiger partial charge on any atom is -0.339 e. The monoisotopic (exact) mass is 394 g/mol. The van der Waals surface area contributed by atoms with Gasteiger partial charge >= 0.3 is 0 Å². The predicted octanol–water partition coefficient (Wildman–Crippen LogP) is 5.16. The van der Waals surface area contributed by atoms with Crippen molar-refractivity contribution in [2.45, 2.75) is 6.54 Å².